The van der Waals surface area contributed by atoms with Crippen molar-refractivity contribution in [3.05, 3.63) is 163 Å². The lowest BCUT2D eigenvalue weighted by atomic mass is 9.82. The molecule has 1 aliphatic carbocycles. The average molecular weight is 577 g/mol. The van der Waals surface area contributed by atoms with Crippen molar-refractivity contribution in [1.82, 2.24) is 4.57 Å². The Morgan fingerprint density at radius 1 is 0.489 bits per heavy atom. The number of para-hydroxylation sites is 3. The zero-order valence-electron chi connectivity index (χ0n) is 25.4. The third kappa shape index (κ3) is 3.82. The van der Waals surface area contributed by atoms with Gasteiger partial charge in [-0.2, -0.15) is 0 Å². The number of nitrogens with one attached hydrogen (secondary N) is 1. The molecule has 7 aromatic carbocycles. The van der Waals surface area contributed by atoms with Crippen molar-refractivity contribution in [1.29, 1.82) is 0 Å². The van der Waals surface area contributed by atoms with Crippen LogP contribution in [-0.4, -0.2) is 4.57 Å². The Balaban J connectivity index is 1.21. The van der Waals surface area contributed by atoms with Crippen LogP contribution in [0.25, 0.3) is 60.5 Å². The number of benzene rings is 7. The molecule has 214 valence electrons. The van der Waals surface area contributed by atoms with Gasteiger partial charge >= 0.3 is 0 Å². The molecule has 0 unspecified atom stereocenters. The summed E-state index contributed by atoms with van der Waals surface area (Å²) in [6, 6.07) is 55.2. The summed E-state index contributed by atoms with van der Waals surface area (Å²) in [5, 5.41) is 8.89. The Kier molecular flexibility index (Phi) is 5.58. The molecule has 0 saturated heterocycles. The van der Waals surface area contributed by atoms with Crippen molar-refractivity contribution in [2.75, 3.05) is 5.32 Å². The van der Waals surface area contributed by atoms with Crippen molar-refractivity contribution in [2.24, 2.45) is 0 Å². The lowest BCUT2D eigenvalue weighted by Crippen LogP contribution is -2.14. The minimum absolute atomic E-state index is 0.0370. The Labute approximate surface area is 263 Å². The summed E-state index contributed by atoms with van der Waals surface area (Å²) in [6.07, 6.45) is 0. The Morgan fingerprint density at radius 2 is 1.11 bits per heavy atom. The Morgan fingerprint density at radius 3 is 1.91 bits per heavy atom. The molecule has 0 saturated carbocycles. The smallest absolute Gasteiger partial charge is 0.0541 e. The molecule has 0 radical (unpaired) electrons. The van der Waals surface area contributed by atoms with E-state index in [0.717, 1.165) is 11.4 Å². The van der Waals surface area contributed by atoms with E-state index in [-0.39, 0.29) is 5.41 Å². The lowest BCUT2D eigenvalue weighted by molar-refractivity contribution is 0.660. The zero-order chi connectivity index (χ0) is 30.1. The van der Waals surface area contributed by atoms with Crippen LogP contribution in [0, 0.1) is 0 Å². The summed E-state index contributed by atoms with van der Waals surface area (Å²) in [5.41, 5.74) is 13.6. The molecule has 2 heteroatoms. The van der Waals surface area contributed by atoms with Crippen LogP contribution < -0.4 is 5.32 Å². The maximum atomic E-state index is 3.88. The van der Waals surface area contributed by atoms with Gasteiger partial charge in [0.15, 0.2) is 0 Å². The molecule has 0 bridgehead atoms. The predicted molar refractivity (Wildman–Crippen MR) is 191 cm³/mol. The van der Waals surface area contributed by atoms with Crippen molar-refractivity contribution >= 4 is 44.0 Å². The number of anilines is 2. The van der Waals surface area contributed by atoms with Gasteiger partial charge in [-0.25, -0.2) is 0 Å². The first-order chi connectivity index (χ1) is 22.1. The number of rotatable bonds is 4. The number of aromatic nitrogens is 1. The van der Waals surface area contributed by atoms with Gasteiger partial charge in [0, 0.05) is 44.1 Å². The second-order valence-electron chi connectivity index (χ2n) is 12.7. The van der Waals surface area contributed by atoms with Gasteiger partial charge in [0.05, 0.1) is 16.7 Å². The normalized spacial score (nSPS) is 13.3. The van der Waals surface area contributed by atoms with E-state index >= 15 is 0 Å². The van der Waals surface area contributed by atoms with Crippen molar-refractivity contribution in [3.63, 3.8) is 0 Å². The van der Waals surface area contributed by atoms with Gasteiger partial charge in [-0.05, 0) is 64.0 Å². The fourth-order valence-corrected chi connectivity index (χ4v) is 7.65. The summed E-state index contributed by atoms with van der Waals surface area (Å²) >= 11 is 0. The number of hydrogen-bond donors (Lipinski definition) is 1. The maximum Gasteiger partial charge on any atom is 0.0541 e. The highest BCUT2D eigenvalue weighted by atomic mass is 15.0. The predicted octanol–water partition coefficient (Wildman–Crippen LogP) is 11.7. The van der Waals surface area contributed by atoms with E-state index in [1.165, 1.54) is 71.6 Å². The molecule has 1 N–H and O–H groups in total. The van der Waals surface area contributed by atoms with E-state index in [4.69, 9.17) is 0 Å². The molecule has 8 aromatic rings. The minimum atomic E-state index is -0.0370. The quantitative estimate of drug-likeness (QED) is 0.220. The molecule has 1 heterocycles. The minimum Gasteiger partial charge on any atom is -0.355 e. The van der Waals surface area contributed by atoms with Crippen LogP contribution in [0.2, 0.25) is 0 Å². The van der Waals surface area contributed by atoms with Gasteiger partial charge in [-0.15, -0.1) is 0 Å². The van der Waals surface area contributed by atoms with Gasteiger partial charge < -0.3 is 9.88 Å². The van der Waals surface area contributed by atoms with Crippen molar-refractivity contribution < 1.29 is 0 Å². The molecule has 0 aliphatic heterocycles. The molecular weight excluding hydrogens is 544 g/mol. The third-order valence-electron chi connectivity index (χ3n) is 9.80. The highest BCUT2D eigenvalue weighted by molar-refractivity contribution is 6.10. The van der Waals surface area contributed by atoms with E-state index in [1.54, 1.807) is 0 Å². The average Bonchev–Trinajstić information content (AvgIpc) is 3.54. The second kappa shape index (κ2) is 9.70. The van der Waals surface area contributed by atoms with Gasteiger partial charge in [0.25, 0.3) is 0 Å². The fraction of sp³-hybridized carbons (Fsp3) is 0.0698. The molecule has 0 spiro atoms. The first-order valence-electron chi connectivity index (χ1n) is 15.7. The van der Waals surface area contributed by atoms with Crippen LogP contribution >= 0.6 is 0 Å². The first kappa shape index (κ1) is 25.9. The second-order valence-corrected chi connectivity index (χ2v) is 12.7. The topological polar surface area (TPSA) is 17.0 Å². The van der Waals surface area contributed by atoms with Gasteiger partial charge in [-0.3, -0.25) is 0 Å². The zero-order valence-corrected chi connectivity index (χ0v) is 25.4. The van der Waals surface area contributed by atoms with Crippen molar-refractivity contribution in [2.45, 2.75) is 19.3 Å². The standard InChI is InChI=1S/C43H32N2/c1-43(2)35-18-7-3-17-33(35)42-36(43)19-12-21-38(42)44-37-20-8-4-14-30(37)29-26-25-28-13-11-24-41(34(28)27-29)45-39-22-9-5-15-31(39)32-16-6-10-23-40(32)45/h3-27,44H,1-2H3. The Hall–Kier alpha value is -5.60. The summed E-state index contributed by atoms with van der Waals surface area (Å²) in [7, 11) is 0. The SMILES string of the molecule is CC1(C)c2ccccc2-c2c(Nc3ccccc3-c3ccc4cccc(-n5c6ccccc6c6ccccc65)c4c3)cccc21. The van der Waals surface area contributed by atoms with Crippen LogP contribution in [0.5, 0.6) is 0 Å². The Bertz CT molecular complexity index is 2390. The van der Waals surface area contributed by atoms with Gasteiger partial charge in [-0.1, -0.05) is 129 Å². The molecule has 2 nitrogen and oxygen atoms in total. The van der Waals surface area contributed by atoms with E-state index in [2.05, 4.69) is 175 Å². The number of nitrogens with zero attached hydrogens (tertiary/aromatic N) is 1. The largest absolute Gasteiger partial charge is 0.355 e. The van der Waals surface area contributed by atoms with Gasteiger partial charge in [0.1, 0.15) is 0 Å². The highest BCUT2D eigenvalue weighted by Gasteiger charge is 2.36. The molecule has 1 aromatic heterocycles. The van der Waals surface area contributed by atoms with E-state index in [0.29, 0.717) is 0 Å². The number of fused-ring (bicyclic) bond motifs is 7. The monoisotopic (exact) mass is 576 g/mol. The lowest BCUT2D eigenvalue weighted by Gasteiger charge is -2.22. The molecule has 45 heavy (non-hydrogen) atoms. The summed E-state index contributed by atoms with van der Waals surface area (Å²) < 4.78 is 2.42. The third-order valence-corrected chi connectivity index (χ3v) is 9.80. The molecular formula is C43H32N2. The molecule has 1 aliphatic rings. The summed E-state index contributed by atoms with van der Waals surface area (Å²) in [6.45, 7) is 4.67. The number of hydrogen-bond acceptors (Lipinski definition) is 1. The molecule has 9 rings (SSSR count). The van der Waals surface area contributed by atoms with Crippen LogP contribution in [-0.2, 0) is 5.41 Å². The first-order valence-corrected chi connectivity index (χ1v) is 15.7. The van der Waals surface area contributed by atoms with Crippen LogP contribution in [0.15, 0.2) is 152 Å². The van der Waals surface area contributed by atoms with E-state index in [9.17, 15) is 0 Å². The van der Waals surface area contributed by atoms with Gasteiger partial charge in [0.2, 0.25) is 0 Å². The summed E-state index contributed by atoms with van der Waals surface area (Å²) in [5.74, 6) is 0. The van der Waals surface area contributed by atoms with Crippen LogP contribution in [0.1, 0.15) is 25.0 Å². The van der Waals surface area contributed by atoms with Crippen molar-refractivity contribution in [3.8, 4) is 27.9 Å². The van der Waals surface area contributed by atoms with E-state index < -0.39 is 0 Å². The molecule has 0 amide bonds. The van der Waals surface area contributed by atoms with Crippen LogP contribution in [0.3, 0.4) is 0 Å². The molecule has 0 atom stereocenters. The highest BCUT2D eigenvalue weighted by Crippen LogP contribution is 2.52. The molecule has 0 fully saturated rings. The maximum absolute atomic E-state index is 3.88. The van der Waals surface area contributed by atoms with Crippen LogP contribution in [0.4, 0.5) is 11.4 Å². The fourth-order valence-electron chi connectivity index (χ4n) is 7.65. The summed E-state index contributed by atoms with van der Waals surface area (Å²) in [4.78, 5) is 0. The van der Waals surface area contributed by atoms with E-state index in [1.807, 2.05) is 0 Å².